The number of rotatable bonds is 7. The summed E-state index contributed by atoms with van der Waals surface area (Å²) >= 11 is 0. The summed E-state index contributed by atoms with van der Waals surface area (Å²) < 4.78 is 45.6. The van der Waals surface area contributed by atoms with Crippen molar-refractivity contribution < 1.29 is 17.5 Å². The van der Waals surface area contributed by atoms with Gasteiger partial charge in [0, 0.05) is 6.04 Å². The van der Waals surface area contributed by atoms with Crippen LogP contribution in [0.1, 0.15) is 18.9 Å². The Morgan fingerprint density at radius 2 is 1.87 bits per heavy atom. The molecule has 0 aliphatic carbocycles. The van der Waals surface area contributed by atoms with Crippen molar-refractivity contribution in [3.63, 3.8) is 0 Å². The Balaban J connectivity index is 2.01. The van der Waals surface area contributed by atoms with E-state index >= 15 is 0 Å². The molecule has 0 amide bonds. The van der Waals surface area contributed by atoms with Crippen LogP contribution in [0.3, 0.4) is 0 Å². The van der Waals surface area contributed by atoms with Gasteiger partial charge in [0.2, 0.25) is 10.0 Å². The van der Waals surface area contributed by atoms with Gasteiger partial charge in [-0.1, -0.05) is 30.3 Å². The zero-order valence-corrected chi connectivity index (χ0v) is 13.9. The molecule has 0 spiro atoms. The standard InChI is InChI=1S/C17H20FNO3S/c1-13(8-9-14-6-4-3-5-7-14)19-23(20,21)15-10-11-17(22-2)16(18)12-15/h3-7,10-13,19H,8-9H2,1-2H3/t13-/m0/s1. The molecule has 0 radical (unpaired) electrons. The third kappa shape index (κ3) is 4.77. The highest BCUT2D eigenvalue weighted by Gasteiger charge is 2.19. The molecule has 0 aliphatic heterocycles. The number of ether oxygens (including phenoxy) is 1. The van der Waals surface area contributed by atoms with Gasteiger partial charge >= 0.3 is 0 Å². The Bertz CT molecular complexity index is 748. The normalized spacial score (nSPS) is 12.8. The van der Waals surface area contributed by atoms with Crippen molar-refractivity contribution in [2.75, 3.05) is 7.11 Å². The number of benzene rings is 2. The van der Waals surface area contributed by atoms with Crippen LogP contribution >= 0.6 is 0 Å². The second-order valence-corrected chi connectivity index (χ2v) is 7.06. The molecule has 6 heteroatoms. The average molecular weight is 337 g/mol. The Morgan fingerprint density at radius 3 is 2.48 bits per heavy atom. The maximum atomic E-state index is 13.7. The fraction of sp³-hybridized carbons (Fsp3) is 0.294. The van der Waals surface area contributed by atoms with E-state index in [-0.39, 0.29) is 16.7 Å². The highest BCUT2D eigenvalue weighted by Crippen LogP contribution is 2.21. The van der Waals surface area contributed by atoms with Gasteiger partial charge in [0.25, 0.3) is 0 Å². The van der Waals surface area contributed by atoms with Gasteiger partial charge in [-0.25, -0.2) is 17.5 Å². The molecular formula is C17H20FNO3S. The number of aryl methyl sites for hydroxylation is 1. The molecule has 0 aromatic heterocycles. The van der Waals surface area contributed by atoms with E-state index in [4.69, 9.17) is 4.74 Å². The predicted octanol–water partition coefficient (Wildman–Crippen LogP) is 3.13. The van der Waals surface area contributed by atoms with Crippen molar-refractivity contribution in [3.05, 3.63) is 59.9 Å². The lowest BCUT2D eigenvalue weighted by Gasteiger charge is -2.14. The highest BCUT2D eigenvalue weighted by molar-refractivity contribution is 7.89. The largest absolute Gasteiger partial charge is 0.494 e. The van der Waals surface area contributed by atoms with Gasteiger partial charge in [0.1, 0.15) is 0 Å². The van der Waals surface area contributed by atoms with Gasteiger partial charge in [-0.15, -0.1) is 0 Å². The first-order valence-corrected chi connectivity index (χ1v) is 8.80. The number of hydrogen-bond acceptors (Lipinski definition) is 3. The average Bonchev–Trinajstić information content (AvgIpc) is 2.53. The minimum atomic E-state index is -3.76. The molecule has 2 aromatic rings. The summed E-state index contributed by atoms with van der Waals surface area (Å²) in [6.45, 7) is 1.79. The smallest absolute Gasteiger partial charge is 0.240 e. The second-order valence-electron chi connectivity index (χ2n) is 5.34. The first kappa shape index (κ1) is 17.4. The topological polar surface area (TPSA) is 55.4 Å². The summed E-state index contributed by atoms with van der Waals surface area (Å²) in [7, 11) is -2.43. The summed E-state index contributed by atoms with van der Waals surface area (Å²) in [5.41, 5.74) is 1.15. The molecule has 0 saturated heterocycles. The van der Waals surface area contributed by atoms with Crippen LogP contribution in [-0.2, 0) is 16.4 Å². The fourth-order valence-corrected chi connectivity index (χ4v) is 3.52. The van der Waals surface area contributed by atoms with Crippen LogP contribution in [0, 0.1) is 5.82 Å². The molecule has 0 bridgehead atoms. The number of nitrogens with one attached hydrogen (secondary N) is 1. The number of sulfonamides is 1. The predicted molar refractivity (Wildman–Crippen MR) is 87.5 cm³/mol. The van der Waals surface area contributed by atoms with Gasteiger partial charge in [-0.05, 0) is 43.5 Å². The number of hydrogen-bond donors (Lipinski definition) is 1. The van der Waals surface area contributed by atoms with Crippen molar-refractivity contribution >= 4 is 10.0 Å². The molecule has 0 aliphatic rings. The maximum absolute atomic E-state index is 13.7. The lowest BCUT2D eigenvalue weighted by molar-refractivity contribution is 0.385. The molecule has 2 aromatic carbocycles. The number of methoxy groups -OCH3 is 1. The first-order chi connectivity index (χ1) is 10.9. The van der Waals surface area contributed by atoms with E-state index in [1.165, 1.54) is 19.2 Å². The van der Waals surface area contributed by atoms with Crippen LogP contribution in [0.5, 0.6) is 5.75 Å². The van der Waals surface area contributed by atoms with Crippen molar-refractivity contribution in [2.24, 2.45) is 0 Å². The lowest BCUT2D eigenvalue weighted by atomic mass is 10.1. The summed E-state index contributed by atoms with van der Waals surface area (Å²) in [4.78, 5) is -0.109. The van der Waals surface area contributed by atoms with Crippen LogP contribution < -0.4 is 9.46 Å². The van der Waals surface area contributed by atoms with Gasteiger partial charge in [-0.2, -0.15) is 0 Å². The second kappa shape index (κ2) is 7.57. The fourth-order valence-electron chi connectivity index (χ4n) is 2.23. The summed E-state index contributed by atoms with van der Waals surface area (Å²) in [5.74, 6) is -0.687. The van der Waals surface area contributed by atoms with E-state index in [1.807, 2.05) is 30.3 Å². The molecule has 2 rings (SSSR count). The van der Waals surface area contributed by atoms with Crippen LogP contribution in [0.4, 0.5) is 4.39 Å². The molecule has 4 nitrogen and oxygen atoms in total. The third-order valence-corrected chi connectivity index (χ3v) is 5.09. The van der Waals surface area contributed by atoms with E-state index in [0.717, 1.165) is 18.1 Å². The third-order valence-electron chi connectivity index (χ3n) is 3.50. The van der Waals surface area contributed by atoms with Crippen LogP contribution in [0.15, 0.2) is 53.4 Å². The Hall–Kier alpha value is -1.92. The molecule has 124 valence electrons. The molecule has 0 unspecified atom stereocenters. The first-order valence-electron chi connectivity index (χ1n) is 7.32. The van der Waals surface area contributed by atoms with Crippen LogP contribution in [-0.4, -0.2) is 21.6 Å². The molecule has 0 heterocycles. The Kier molecular flexibility index (Phi) is 5.74. The summed E-state index contributed by atoms with van der Waals surface area (Å²) in [6.07, 6.45) is 1.42. The van der Waals surface area contributed by atoms with Crippen molar-refractivity contribution in [1.29, 1.82) is 0 Å². The van der Waals surface area contributed by atoms with Crippen molar-refractivity contribution in [1.82, 2.24) is 4.72 Å². The van der Waals surface area contributed by atoms with E-state index in [2.05, 4.69) is 4.72 Å². The van der Waals surface area contributed by atoms with Crippen molar-refractivity contribution in [2.45, 2.75) is 30.7 Å². The van der Waals surface area contributed by atoms with E-state index in [0.29, 0.717) is 6.42 Å². The molecule has 0 saturated carbocycles. The Morgan fingerprint density at radius 1 is 1.17 bits per heavy atom. The minimum absolute atomic E-state index is 0.0149. The molecule has 23 heavy (non-hydrogen) atoms. The summed E-state index contributed by atoms with van der Waals surface area (Å²) in [6, 6.07) is 13.2. The number of halogens is 1. The van der Waals surface area contributed by atoms with E-state index < -0.39 is 15.8 Å². The Labute approximate surface area is 136 Å². The van der Waals surface area contributed by atoms with Crippen LogP contribution in [0.2, 0.25) is 0 Å². The monoisotopic (exact) mass is 337 g/mol. The molecule has 1 N–H and O–H groups in total. The minimum Gasteiger partial charge on any atom is -0.494 e. The van der Waals surface area contributed by atoms with Gasteiger partial charge in [-0.3, -0.25) is 0 Å². The van der Waals surface area contributed by atoms with Gasteiger partial charge < -0.3 is 4.74 Å². The SMILES string of the molecule is COc1ccc(S(=O)(=O)N[C@@H](C)CCc2ccccc2)cc1F. The van der Waals surface area contributed by atoms with Crippen molar-refractivity contribution in [3.8, 4) is 5.75 Å². The molecule has 1 atom stereocenters. The quantitative estimate of drug-likeness (QED) is 0.844. The highest BCUT2D eigenvalue weighted by atomic mass is 32.2. The van der Waals surface area contributed by atoms with Gasteiger partial charge in [0.15, 0.2) is 11.6 Å². The molecular weight excluding hydrogens is 317 g/mol. The van der Waals surface area contributed by atoms with Crippen LogP contribution in [0.25, 0.3) is 0 Å². The lowest BCUT2D eigenvalue weighted by Crippen LogP contribution is -2.33. The zero-order chi connectivity index (χ0) is 16.9. The van der Waals surface area contributed by atoms with E-state index in [9.17, 15) is 12.8 Å². The zero-order valence-electron chi connectivity index (χ0n) is 13.1. The maximum Gasteiger partial charge on any atom is 0.240 e. The van der Waals surface area contributed by atoms with Gasteiger partial charge in [0.05, 0.1) is 12.0 Å². The molecule has 0 fully saturated rings. The van der Waals surface area contributed by atoms with E-state index in [1.54, 1.807) is 6.92 Å². The summed E-state index contributed by atoms with van der Waals surface area (Å²) in [5, 5.41) is 0.